The lowest BCUT2D eigenvalue weighted by Crippen LogP contribution is -2.56. The SMILES string of the molecule is CC1C(=O)NC(=O)CN1Cc1nnsc1NN. The maximum absolute atomic E-state index is 11.5. The van der Waals surface area contributed by atoms with Crippen molar-refractivity contribution in [1.29, 1.82) is 0 Å². The molecule has 8 nitrogen and oxygen atoms in total. The highest BCUT2D eigenvalue weighted by Gasteiger charge is 2.31. The molecule has 9 heteroatoms. The molecule has 1 aromatic rings. The molecule has 0 radical (unpaired) electrons. The molecular formula is C8H12N6O2S. The number of piperazine rings is 1. The van der Waals surface area contributed by atoms with Crippen molar-refractivity contribution < 1.29 is 9.59 Å². The monoisotopic (exact) mass is 256 g/mol. The number of nitrogen functional groups attached to an aromatic ring is 1. The molecule has 1 aromatic heterocycles. The van der Waals surface area contributed by atoms with E-state index < -0.39 is 0 Å². The summed E-state index contributed by atoms with van der Waals surface area (Å²) >= 11 is 1.13. The van der Waals surface area contributed by atoms with Crippen LogP contribution in [0.2, 0.25) is 0 Å². The minimum Gasteiger partial charge on any atom is -0.313 e. The molecule has 0 bridgehead atoms. The molecule has 1 fully saturated rings. The second-order valence-corrected chi connectivity index (χ2v) is 4.44. The molecular weight excluding hydrogens is 244 g/mol. The number of carbonyl (C=O) groups is 2. The Morgan fingerprint density at radius 2 is 2.41 bits per heavy atom. The third-order valence-corrected chi connectivity index (χ3v) is 3.28. The van der Waals surface area contributed by atoms with E-state index in [2.05, 4.69) is 20.3 Å². The number of hydrogen-bond acceptors (Lipinski definition) is 8. The summed E-state index contributed by atoms with van der Waals surface area (Å²) < 4.78 is 3.76. The molecule has 92 valence electrons. The van der Waals surface area contributed by atoms with Gasteiger partial charge in [0, 0.05) is 18.1 Å². The normalized spacial score (nSPS) is 21.4. The fraction of sp³-hybridized carbons (Fsp3) is 0.500. The van der Waals surface area contributed by atoms with Crippen LogP contribution >= 0.6 is 11.5 Å². The Morgan fingerprint density at radius 3 is 3.12 bits per heavy atom. The predicted molar refractivity (Wildman–Crippen MR) is 60.7 cm³/mol. The van der Waals surface area contributed by atoms with Gasteiger partial charge in [0.05, 0.1) is 12.6 Å². The fourth-order valence-corrected chi connectivity index (χ4v) is 2.06. The van der Waals surface area contributed by atoms with Crippen LogP contribution in [0.4, 0.5) is 5.00 Å². The molecule has 1 aliphatic rings. The zero-order valence-corrected chi connectivity index (χ0v) is 9.95. The van der Waals surface area contributed by atoms with Crippen LogP contribution in [0.3, 0.4) is 0 Å². The smallest absolute Gasteiger partial charge is 0.243 e. The maximum Gasteiger partial charge on any atom is 0.243 e. The second kappa shape index (κ2) is 4.73. The zero-order chi connectivity index (χ0) is 12.4. The third-order valence-electron chi connectivity index (χ3n) is 2.58. The summed E-state index contributed by atoms with van der Waals surface area (Å²) in [6, 6.07) is -0.375. The highest BCUT2D eigenvalue weighted by Crippen LogP contribution is 2.19. The summed E-state index contributed by atoms with van der Waals surface area (Å²) in [5.41, 5.74) is 3.12. The second-order valence-electron chi connectivity index (χ2n) is 3.69. The molecule has 1 atom stereocenters. The molecule has 2 rings (SSSR count). The summed E-state index contributed by atoms with van der Waals surface area (Å²) in [6.45, 7) is 2.25. The molecule has 0 saturated carbocycles. The van der Waals surface area contributed by atoms with Crippen LogP contribution in [0.1, 0.15) is 12.6 Å². The molecule has 1 saturated heterocycles. The van der Waals surface area contributed by atoms with Crippen LogP contribution in [0.25, 0.3) is 0 Å². The Morgan fingerprint density at radius 1 is 1.65 bits per heavy atom. The third kappa shape index (κ3) is 2.40. The molecule has 1 unspecified atom stereocenters. The van der Waals surface area contributed by atoms with Gasteiger partial charge in [0.25, 0.3) is 0 Å². The van der Waals surface area contributed by atoms with Crippen molar-refractivity contribution in [3.8, 4) is 0 Å². The van der Waals surface area contributed by atoms with Gasteiger partial charge in [-0.3, -0.25) is 19.8 Å². The van der Waals surface area contributed by atoms with Crippen LogP contribution in [0.15, 0.2) is 0 Å². The lowest BCUT2D eigenvalue weighted by molar-refractivity contribution is -0.139. The average molecular weight is 256 g/mol. The first-order valence-electron chi connectivity index (χ1n) is 4.97. The van der Waals surface area contributed by atoms with Gasteiger partial charge in [0.1, 0.15) is 10.7 Å². The number of nitrogens with two attached hydrogens (primary N) is 1. The lowest BCUT2D eigenvalue weighted by atomic mass is 10.2. The van der Waals surface area contributed by atoms with Crippen LogP contribution in [0.5, 0.6) is 0 Å². The Bertz CT molecular complexity index is 447. The number of rotatable bonds is 3. The Labute approximate surface area is 101 Å². The van der Waals surface area contributed by atoms with E-state index in [4.69, 9.17) is 5.84 Å². The van der Waals surface area contributed by atoms with Crippen LogP contribution in [-0.4, -0.2) is 38.9 Å². The minimum atomic E-state index is -0.375. The molecule has 0 aliphatic carbocycles. The first-order chi connectivity index (χ1) is 8.11. The van der Waals surface area contributed by atoms with E-state index in [0.29, 0.717) is 17.2 Å². The molecule has 2 heterocycles. The van der Waals surface area contributed by atoms with Gasteiger partial charge in [-0.25, -0.2) is 5.84 Å². The number of carbonyl (C=O) groups excluding carboxylic acids is 2. The van der Waals surface area contributed by atoms with Crippen LogP contribution in [0, 0.1) is 0 Å². The molecule has 17 heavy (non-hydrogen) atoms. The highest BCUT2D eigenvalue weighted by molar-refractivity contribution is 7.10. The van der Waals surface area contributed by atoms with Gasteiger partial charge in [-0.1, -0.05) is 4.49 Å². The number of nitrogens with zero attached hydrogens (tertiary/aromatic N) is 3. The Kier molecular flexibility index (Phi) is 3.31. The number of imide groups is 1. The highest BCUT2D eigenvalue weighted by atomic mass is 32.1. The molecule has 1 aliphatic heterocycles. The van der Waals surface area contributed by atoms with E-state index in [1.165, 1.54) is 0 Å². The summed E-state index contributed by atoms with van der Waals surface area (Å²) in [4.78, 5) is 24.4. The quantitative estimate of drug-likeness (QED) is 0.349. The predicted octanol–water partition coefficient (Wildman–Crippen LogP) is -1.33. The number of hydrogen-bond donors (Lipinski definition) is 3. The Hall–Kier alpha value is -1.58. The summed E-state index contributed by atoms with van der Waals surface area (Å²) in [6.07, 6.45) is 0. The zero-order valence-electron chi connectivity index (χ0n) is 9.14. The molecule has 0 aromatic carbocycles. The van der Waals surface area contributed by atoms with E-state index >= 15 is 0 Å². The van der Waals surface area contributed by atoms with Gasteiger partial charge in [-0.05, 0) is 6.92 Å². The van der Waals surface area contributed by atoms with E-state index in [-0.39, 0.29) is 24.4 Å². The van der Waals surface area contributed by atoms with E-state index in [9.17, 15) is 9.59 Å². The fourth-order valence-electron chi connectivity index (χ4n) is 1.58. The molecule has 4 N–H and O–H groups in total. The lowest BCUT2D eigenvalue weighted by Gasteiger charge is -2.30. The van der Waals surface area contributed by atoms with E-state index in [1.807, 2.05) is 0 Å². The summed E-state index contributed by atoms with van der Waals surface area (Å²) in [5, 5.41) is 6.82. The topological polar surface area (TPSA) is 113 Å². The number of nitrogens with one attached hydrogen (secondary N) is 2. The van der Waals surface area contributed by atoms with Crippen LogP contribution < -0.4 is 16.6 Å². The van der Waals surface area contributed by atoms with Crippen molar-refractivity contribution in [2.24, 2.45) is 5.84 Å². The van der Waals surface area contributed by atoms with Gasteiger partial charge in [-0.2, -0.15) is 0 Å². The first kappa shape index (κ1) is 11.9. The van der Waals surface area contributed by atoms with E-state index in [1.54, 1.807) is 11.8 Å². The average Bonchev–Trinajstić information content (AvgIpc) is 2.72. The van der Waals surface area contributed by atoms with Gasteiger partial charge >= 0.3 is 0 Å². The Balaban J connectivity index is 2.12. The first-order valence-corrected chi connectivity index (χ1v) is 5.74. The van der Waals surface area contributed by atoms with Crippen molar-refractivity contribution >= 4 is 28.3 Å². The van der Waals surface area contributed by atoms with Gasteiger partial charge in [0.15, 0.2) is 0 Å². The number of hydrazine groups is 1. The number of amides is 2. The number of anilines is 1. The van der Waals surface area contributed by atoms with Crippen molar-refractivity contribution in [1.82, 2.24) is 19.8 Å². The van der Waals surface area contributed by atoms with Gasteiger partial charge in [-0.15, -0.1) is 5.10 Å². The maximum atomic E-state index is 11.5. The summed E-state index contributed by atoms with van der Waals surface area (Å²) in [7, 11) is 0. The number of aromatic nitrogens is 2. The molecule has 2 amide bonds. The minimum absolute atomic E-state index is 0.161. The molecule has 0 spiro atoms. The standard InChI is InChI=1S/C8H12N6O2S/c1-4-7(16)10-6(15)3-14(4)2-5-8(11-9)17-13-12-5/h4,11H,2-3,9H2,1H3,(H,10,15,16). The van der Waals surface area contributed by atoms with E-state index in [0.717, 1.165) is 11.5 Å². The van der Waals surface area contributed by atoms with Gasteiger partial charge < -0.3 is 5.43 Å². The summed E-state index contributed by atoms with van der Waals surface area (Å²) in [5.74, 6) is 4.70. The van der Waals surface area contributed by atoms with Crippen molar-refractivity contribution in [3.05, 3.63) is 5.69 Å². The van der Waals surface area contributed by atoms with Crippen molar-refractivity contribution in [3.63, 3.8) is 0 Å². The van der Waals surface area contributed by atoms with Crippen molar-refractivity contribution in [2.75, 3.05) is 12.0 Å². The van der Waals surface area contributed by atoms with Crippen LogP contribution in [-0.2, 0) is 16.1 Å². The van der Waals surface area contributed by atoms with Gasteiger partial charge in [0.2, 0.25) is 11.8 Å². The largest absolute Gasteiger partial charge is 0.313 e. The van der Waals surface area contributed by atoms with Crippen molar-refractivity contribution in [2.45, 2.75) is 19.5 Å².